The monoisotopic (exact) mass is 263 g/mol. The number of nitrogens with two attached hydrogens (primary N) is 1. The molecule has 1 aromatic rings. The minimum Gasteiger partial charge on any atom is -0.324 e. The van der Waals surface area contributed by atoms with Crippen LogP contribution < -0.4 is 5.73 Å². The molecule has 2 N–H and O–H groups in total. The van der Waals surface area contributed by atoms with Gasteiger partial charge in [-0.05, 0) is 30.4 Å². The van der Waals surface area contributed by atoms with Gasteiger partial charge in [0.05, 0.1) is 0 Å². The van der Waals surface area contributed by atoms with Crippen molar-refractivity contribution in [3.63, 3.8) is 0 Å². The van der Waals surface area contributed by atoms with Crippen LogP contribution in [0.4, 0.5) is 0 Å². The first-order valence-electron chi connectivity index (χ1n) is 7.01. The van der Waals surface area contributed by atoms with E-state index in [0.29, 0.717) is 5.92 Å². The topological polar surface area (TPSA) is 26.0 Å². The largest absolute Gasteiger partial charge is 0.324 e. The molecule has 1 aromatic carbocycles. The normalized spacial score (nSPS) is 19.1. The predicted octanol–water partition coefficient (Wildman–Crippen LogP) is 4.77. The summed E-state index contributed by atoms with van der Waals surface area (Å²) in [5, 5.41) is 0. The quantitative estimate of drug-likeness (QED) is 0.795. The lowest BCUT2D eigenvalue weighted by atomic mass is 9.92. The summed E-state index contributed by atoms with van der Waals surface area (Å²) in [6, 6.07) is 8.91. The summed E-state index contributed by atoms with van der Waals surface area (Å²) in [7, 11) is 0. The smallest absolute Gasteiger partial charge is 0.0334 e. The van der Waals surface area contributed by atoms with Crippen LogP contribution in [-0.4, -0.2) is 4.75 Å². The molecule has 0 aromatic heterocycles. The van der Waals surface area contributed by atoms with Crippen LogP contribution in [-0.2, 0) is 0 Å². The van der Waals surface area contributed by atoms with Gasteiger partial charge in [0, 0.05) is 15.7 Å². The molecule has 2 heteroatoms. The maximum absolute atomic E-state index is 6.51. The highest BCUT2D eigenvalue weighted by Gasteiger charge is 2.26. The molecule has 100 valence electrons. The fraction of sp³-hybridized carbons (Fsp3) is 0.625. The molecule has 0 spiro atoms. The fourth-order valence-corrected chi connectivity index (χ4v) is 3.88. The van der Waals surface area contributed by atoms with Gasteiger partial charge < -0.3 is 5.73 Å². The third-order valence-electron chi connectivity index (χ3n) is 3.60. The van der Waals surface area contributed by atoms with Gasteiger partial charge in [0.25, 0.3) is 0 Å². The third kappa shape index (κ3) is 3.52. The van der Waals surface area contributed by atoms with Gasteiger partial charge in [-0.25, -0.2) is 0 Å². The first kappa shape index (κ1) is 14.0. The number of hydrogen-bond donors (Lipinski definition) is 1. The molecule has 0 saturated heterocycles. The van der Waals surface area contributed by atoms with E-state index in [1.165, 1.54) is 36.1 Å². The summed E-state index contributed by atoms with van der Waals surface area (Å²) >= 11 is 1.93. The van der Waals surface area contributed by atoms with Crippen molar-refractivity contribution >= 4 is 11.8 Å². The van der Waals surface area contributed by atoms with E-state index in [1.54, 1.807) is 0 Å². The number of hydrogen-bond acceptors (Lipinski definition) is 2. The van der Waals surface area contributed by atoms with Gasteiger partial charge >= 0.3 is 0 Å². The molecular weight excluding hydrogens is 238 g/mol. The standard InChI is InChI=1S/C16H25NS/c1-16(2,3)18-14-11-7-6-10-13(14)15(17)12-8-4-5-9-12/h6-7,10-12,15H,4-5,8-9,17H2,1-3H3/t15-/m0/s1. The van der Waals surface area contributed by atoms with Crippen LogP contribution in [0.15, 0.2) is 29.2 Å². The summed E-state index contributed by atoms with van der Waals surface area (Å²) < 4.78 is 0.242. The number of benzene rings is 1. The molecule has 1 nitrogen and oxygen atoms in total. The molecule has 0 amide bonds. The van der Waals surface area contributed by atoms with Crippen molar-refractivity contribution in [3.05, 3.63) is 29.8 Å². The number of rotatable bonds is 3. The highest BCUT2D eigenvalue weighted by Crippen LogP contribution is 2.40. The van der Waals surface area contributed by atoms with Crippen molar-refractivity contribution in [2.24, 2.45) is 11.7 Å². The van der Waals surface area contributed by atoms with Gasteiger partial charge in [0.1, 0.15) is 0 Å². The minimum absolute atomic E-state index is 0.221. The summed E-state index contributed by atoms with van der Waals surface area (Å²) in [5.74, 6) is 0.687. The van der Waals surface area contributed by atoms with E-state index >= 15 is 0 Å². The van der Waals surface area contributed by atoms with Gasteiger partial charge in [-0.15, -0.1) is 11.8 Å². The van der Waals surface area contributed by atoms with E-state index in [4.69, 9.17) is 5.73 Å². The summed E-state index contributed by atoms with van der Waals surface area (Å²) in [6.07, 6.45) is 5.31. The van der Waals surface area contributed by atoms with Crippen LogP contribution >= 0.6 is 11.8 Å². The molecule has 0 radical (unpaired) electrons. The molecule has 1 aliphatic carbocycles. The average Bonchev–Trinajstić information content (AvgIpc) is 2.80. The zero-order valence-electron chi connectivity index (χ0n) is 11.8. The first-order chi connectivity index (χ1) is 8.47. The Morgan fingerprint density at radius 1 is 1.17 bits per heavy atom. The highest BCUT2D eigenvalue weighted by atomic mass is 32.2. The van der Waals surface area contributed by atoms with E-state index in [9.17, 15) is 0 Å². The SMILES string of the molecule is CC(C)(C)Sc1ccccc1[C@@H](N)C1CCCC1. The fourth-order valence-electron chi connectivity index (χ4n) is 2.75. The van der Waals surface area contributed by atoms with E-state index in [0.717, 1.165) is 0 Å². The maximum Gasteiger partial charge on any atom is 0.0334 e. The zero-order valence-corrected chi connectivity index (χ0v) is 12.6. The molecular formula is C16H25NS. The Morgan fingerprint density at radius 3 is 2.39 bits per heavy atom. The van der Waals surface area contributed by atoms with E-state index in [2.05, 4.69) is 45.0 Å². The molecule has 1 saturated carbocycles. The number of thioether (sulfide) groups is 1. The van der Waals surface area contributed by atoms with Crippen molar-refractivity contribution in [3.8, 4) is 0 Å². The van der Waals surface area contributed by atoms with E-state index < -0.39 is 0 Å². The second kappa shape index (κ2) is 5.66. The van der Waals surface area contributed by atoms with E-state index in [1.807, 2.05) is 11.8 Å². The van der Waals surface area contributed by atoms with Crippen molar-refractivity contribution in [2.45, 2.75) is 62.1 Å². The van der Waals surface area contributed by atoms with Crippen LogP contribution in [0.25, 0.3) is 0 Å². The second-order valence-electron chi connectivity index (χ2n) is 6.32. The van der Waals surface area contributed by atoms with E-state index in [-0.39, 0.29) is 10.8 Å². The molecule has 1 atom stereocenters. The average molecular weight is 263 g/mol. The molecule has 18 heavy (non-hydrogen) atoms. The van der Waals surface area contributed by atoms with Gasteiger partial charge in [-0.1, -0.05) is 51.8 Å². The van der Waals surface area contributed by atoms with Gasteiger partial charge in [0.15, 0.2) is 0 Å². The van der Waals surface area contributed by atoms with Crippen molar-refractivity contribution < 1.29 is 0 Å². The Bertz CT molecular complexity index is 388. The summed E-state index contributed by atoms with van der Waals surface area (Å²) in [5.41, 5.74) is 7.86. The lowest BCUT2D eigenvalue weighted by Crippen LogP contribution is -2.20. The second-order valence-corrected chi connectivity index (χ2v) is 8.19. The Labute approximate surface area is 116 Å². The molecule has 1 fully saturated rings. The van der Waals surface area contributed by atoms with Gasteiger partial charge in [-0.2, -0.15) is 0 Å². The lowest BCUT2D eigenvalue weighted by molar-refractivity contribution is 0.440. The molecule has 1 aliphatic rings. The molecule has 0 bridgehead atoms. The Hall–Kier alpha value is -0.470. The molecule has 0 aliphatic heterocycles. The molecule has 0 unspecified atom stereocenters. The molecule has 2 rings (SSSR count). The Kier molecular flexibility index (Phi) is 4.39. The summed E-state index contributed by atoms with van der Waals surface area (Å²) in [6.45, 7) is 6.78. The lowest BCUT2D eigenvalue weighted by Gasteiger charge is -2.25. The van der Waals surface area contributed by atoms with Crippen molar-refractivity contribution in [1.82, 2.24) is 0 Å². The predicted molar refractivity (Wildman–Crippen MR) is 80.9 cm³/mol. The van der Waals surface area contributed by atoms with Gasteiger partial charge in [0.2, 0.25) is 0 Å². The van der Waals surface area contributed by atoms with Crippen LogP contribution in [0, 0.1) is 5.92 Å². The van der Waals surface area contributed by atoms with Gasteiger partial charge in [-0.3, -0.25) is 0 Å². The minimum atomic E-state index is 0.221. The summed E-state index contributed by atoms with van der Waals surface area (Å²) in [4.78, 5) is 1.37. The Balaban J connectivity index is 2.20. The van der Waals surface area contributed by atoms with Crippen LogP contribution in [0.3, 0.4) is 0 Å². The highest BCUT2D eigenvalue weighted by molar-refractivity contribution is 8.00. The van der Waals surface area contributed by atoms with Crippen molar-refractivity contribution in [2.75, 3.05) is 0 Å². The van der Waals surface area contributed by atoms with Crippen LogP contribution in [0.2, 0.25) is 0 Å². The maximum atomic E-state index is 6.51. The first-order valence-corrected chi connectivity index (χ1v) is 7.82. The zero-order chi connectivity index (χ0) is 13.2. The molecule has 0 heterocycles. The van der Waals surface area contributed by atoms with Crippen LogP contribution in [0.5, 0.6) is 0 Å². The Morgan fingerprint density at radius 2 is 1.78 bits per heavy atom. The third-order valence-corrected chi connectivity index (χ3v) is 4.81. The van der Waals surface area contributed by atoms with Crippen molar-refractivity contribution in [1.29, 1.82) is 0 Å². The van der Waals surface area contributed by atoms with Crippen LogP contribution in [0.1, 0.15) is 58.1 Å².